The Morgan fingerprint density at radius 1 is 1.56 bits per heavy atom. The molecule has 0 radical (unpaired) electrons. The van der Waals surface area contributed by atoms with E-state index in [-0.39, 0.29) is 0 Å². The molecule has 0 aliphatic heterocycles. The average molecular weight is 238 g/mol. The highest BCUT2D eigenvalue weighted by Crippen LogP contribution is 2.11. The van der Waals surface area contributed by atoms with Gasteiger partial charge in [-0.3, -0.25) is 0 Å². The minimum atomic E-state index is -5.19. The molecule has 16 heavy (non-hydrogen) atoms. The van der Waals surface area contributed by atoms with Crippen molar-refractivity contribution < 1.29 is 27.6 Å². The number of carboxylic acids is 1. The fourth-order valence-corrected chi connectivity index (χ4v) is 0.936. The van der Waals surface area contributed by atoms with E-state index in [2.05, 4.69) is 36.6 Å². The Balaban J connectivity index is 0.000000293. The van der Waals surface area contributed by atoms with Crippen LogP contribution in [0, 0.1) is 6.92 Å². The van der Waals surface area contributed by atoms with Gasteiger partial charge in [0, 0.05) is 13.3 Å². The summed E-state index contributed by atoms with van der Waals surface area (Å²) in [5, 5.41) is 8.78. The van der Waals surface area contributed by atoms with E-state index in [1.54, 1.807) is 0 Å². The Hall–Kier alpha value is -1.53. The molecule has 0 aliphatic carbocycles. The number of hydrogen-bond acceptors (Lipinski definition) is 2. The van der Waals surface area contributed by atoms with Crippen molar-refractivity contribution in [3.8, 4) is 0 Å². The number of H-pyrrole nitrogens is 1. The largest absolute Gasteiger partial charge is 0.542 e. The maximum Gasteiger partial charge on any atom is 0.430 e. The second kappa shape index (κ2) is 5.53. The van der Waals surface area contributed by atoms with Crippen LogP contribution in [0.15, 0.2) is 6.20 Å². The van der Waals surface area contributed by atoms with Crippen LogP contribution >= 0.6 is 0 Å². The maximum atomic E-state index is 10.5. The molecule has 4 nitrogen and oxygen atoms in total. The molecule has 7 heteroatoms. The number of nitrogens with zero attached hydrogens (tertiary/aromatic N) is 1. The molecule has 0 amide bonds. The lowest BCUT2D eigenvalue weighted by Crippen LogP contribution is -2.37. The molecule has 0 aliphatic rings. The van der Waals surface area contributed by atoms with Gasteiger partial charge < -0.3 is 9.90 Å². The van der Waals surface area contributed by atoms with Crippen LogP contribution in [-0.2, 0) is 18.3 Å². The Labute approximate surface area is 90.7 Å². The number of alkyl halides is 3. The van der Waals surface area contributed by atoms with Crippen LogP contribution in [-0.4, -0.2) is 17.1 Å². The molecule has 92 valence electrons. The lowest BCUT2D eigenvalue weighted by molar-refractivity contribution is -0.683. The molecule has 1 aromatic heterocycles. The highest BCUT2D eigenvalue weighted by atomic mass is 19.4. The molecule has 1 rings (SSSR count). The van der Waals surface area contributed by atoms with Crippen molar-refractivity contribution in [1.29, 1.82) is 0 Å². The summed E-state index contributed by atoms with van der Waals surface area (Å²) >= 11 is 0. The van der Waals surface area contributed by atoms with Gasteiger partial charge in [-0.15, -0.1) is 0 Å². The van der Waals surface area contributed by atoms with E-state index in [0.29, 0.717) is 0 Å². The number of carboxylic acid groups (broad SMARTS) is 1. The van der Waals surface area contributed by atoms with E-state index in [9.17, 15) is 13.2 Å². The molecule has 0 unspecified atom stereocenters. The first-order chi connectivity index (χ1) is 7.20. The molecule has 0 fully saturated rings. The quantitative estimate of drug-likeness (QED) is 0.700. The van der Waals surface area contributed by atoms with Crippen molar-refractivity contribution in [2.45, 2.75) is 26.4 Å². The first-order valence-electron chi connectivity index (χ1n) is 4.51. The predicted molar refractivity (Wildman–Crippen MR) is 47.1 cm³/mol. The number of halogens is 3. The van der Waals surface area contributed by atoms with E-state index in [4.69, 9.17) is 9.90 Å². The van der Waals surface area contributed by atoms with E-state index < -0.39 is 12.1 Å². The average Bonchev–Trinajstić information content (AvgIpc) is 2.47. The Morgan fingerprint density at radius 3 is 2.12 bits per heavy atom. The zero-order valence-corrected chi connectivity index (χ0v) is 9.18. The predicted octanol–water partition coefficient (Wildman–Crippen LogP) is 0.00862. The molecule has 0 aromatic carbocycles. The number of rotatable bonds is 1. The van der Waals surface area contributed by atoms with Crippen LogP contribution in [0.1, 0.15) is 18.4 Å². The highest BCUT2D eigenvalue weighted by Gasteiger charge is 2.28. The lowest BCUT2D eigenvalue weighted by atomic mass is 10.4. The van der Waals surface area contributed by atoms with Crippen molar-refractivity contribution >= 4 is 5.97 Å². The standard InChI is InChI=1S/C7H12N2.C2HF3O2/c1-4-7-5-8-6(2)9(7)3;3-2(4,5)1(6)7/h5H,4H2,1-3H3;(H,6,7). The summed E-state index contributed by atoms with van der Waals surface area (Å²) in [7, 11) is 2.07. The van der Waals surface area contributed by atoms with Crippen LogP contribution in [0.4, 0.5) is 13.2 Å². The Bertz CT molecular complexity index is 358. The van der Waals surface area contributed by atoms with Crippen molar-refractivity contribution in [2.24, 2.45) is 7.05 Å². The summed E-state index contributed by atoms with van der Waals surface area (Å²) in [5.74, 6) is -1.79. The number of aromatic nitrogens is 2. The van der Waals surface area contributed by atoms with Gasteiger partial charge in [-0.05, 0) is 0 Å². The first kappa shape index (κ1) is 14.5. The van der Waals surface area contributed by atoms with Gasteiger partial charge in [0.25, 0.3) is 5.82 Å². The number of imidazole rings is 1. The van der Waals surface area contributed by atoms with E-state index in [1.807, 2.05) is 0 Å². The van der Waals surface area contributed by atoms with Gasteiger partial charge in [0.15, 0.2) is 0 Å². The molecular weight excluding hydrogens is 225 g/mol. The van der Waals surface area contributed by atoms with Gasteiger partial charge >= 0.3 is 6.18 Å². The first-order valence-corrected chi connectivity index (χ1v) is 4.51. The van der Waals surface area contributed by atoms with E-state index in [1.165, 1.54) is 11.5 Å². The number of hydrogen-bond donors (Lipinski definition) is 1. The zero-order valence-electron chi connectivity index (χ0n) is 9.18. The van der Waals surface area contributed by atoms with Gasteiger partial charge in [0.05, 0.1) is 7.05 Å². The third kappa shape index (κ3) is 4.33. The van der Waals surface area contributed by atoms with Gasteiger partial charge in [-0.1, -0.05) is 6.92 Å². The van der Waals surface area contributed by atoms with Gasteiger partial charge in [0.1, 0.15) is 17.9 Å². The minimum Gasteiger partial charge on any atom is -0.542 e. The Morgan fingerprint density at radius 2 is 2.00 bits per heavy atom. The number of aryl methyl sites for hydroxylation is 2. The molecule has 0 spiro atoms. The molecular formula is C9H13F3N2O2. The molecule has 1 aromatic rings. The number of carbonyl (C=O) groups excluding carboxylic acids is 1. The number of aromatic amines is 1. The topological polar surface area (TPSA) is 59.8 Å². The summed E-state index contributed by atoms with van der Waals surface area (Å²) in [6.07, 6.45) is -2.05. The second-order valence-corrected chi connectivity index (χ2v) is 3.06. The van der Waals surface area contributed by atoms with Crippen LogP contribution in [0.3, 0.4) is 0 Å². The summed E-state index contributed by atoms with van der Waals surface area (Å²) in [6.45, 7) is 4.22. The van der Waals surface area contributed by atoms with Gasteiger partial charge in [-0.25, -0.2) is 9.55 Å². The highest BCUT2D eigenvalue weighted by molar-refractivity contribution is 5.70. The summed E-state index contributed by atoms with van der Waals surface area (Å²) in [6, 6.07) is 0. The van der Waals surface area contributed by atoms with Gasteiger partial charge in [-0.2, -0.15) is 13.2 Å². The molecule has 0 saturated carbocycles. The van der Waals surface area contributed by atoms with Crippen LogP contribution in [0.25, 0.3) is 0 Å². The molecule has 1 N–H and O–H groups in total. The monoisotopic (exact) mass is 238 g/mol. The molecule has 1 heterocycles. The fraction of sp³-hybridized carbons (Fsp3) is 0.556. The number of aliphatic carboxylic acids is 1. The lowest BCUT2D eigenvalue weighted by Gasteiger charge is -2.03. The fourth-order valence-electron chi connectivity index (χ4n) is 0.936. The van der Waals surface area contributed by atoms with Gasteiger partial charge in [0.2, 0.25) is 0 Å². The summed E-state index contributed by atoms with van der Waals surface area (Å²) < 4.78 is 33.7. The third-order valence-electron chi connectivity index (χ3n) is 1.98. The SMILES string of the molecule is CCc1c[nH]c(C)[n+]1C.O=C([O-])C(F)(F)F. The van der Waals surface area contributed by atoms with Crippen LogP contribution in [0.2, 0.25) is 0 Å². The van der Waals surface area contributed by atoms with Crippen LogP contribution < -0.4 is 9.67 Å². The summed E-state index contributed by atoms with van der Waals surface area (Å²) in [4.78, 5) is 11.9. The van der Waals surface area contributed by atoms with Crippen molar-refractivity contribution in [2.75, 3.05) is 0 Å². The maximum absolute atomic E-state index is 10.5. The van der Waals surface area contributed by atoms with Crippen molar-refractivity contribution in [3.05, 3.63) is 17.7 Å². The minimum absolute atomic E-state index is 1.10. The molecule has 0 saturated heterocycles. The Kier molecular flexibility index (Phi) is 5.00. The smallest absolute Gasteiger partial charge is 0.430 e. The number of nitrogens with one attached hydrogen (secondary N) is 1. The second-order valence-electron chi connectivity index (χ2n) is 3.06. The molecule has 0 bridgehead atoms. The third-order valence-corrected chi connectivity index (χ3v) is 1.98. The number of carbonyl (C=O) groups is 1. The van der Waals surface area contributed by atoms with E-state index in [0.717, 1.165) is 6.42 Å². The van der Waals surface area contributed by atoms with Crippen molar-refractivity contribution in [1.82, 2.24) is 4.98 Å². The summed E-state index contributed by atoms with van der Waals surface area (Å²) in [5.41, 5.74) is 1.35. The zero-order chi connectivity index (χ0) is 12.9. The van der Waals surface area contributed by atoms with Crippen molar-refractivity contribution in [3.63, 3.8) is 0 Å². The van der Waals surface area contributed by atoms with E-state index >= 15 is 0 Å². The molecule has 0 atom stereocenters. The normalized spacial score (nSPS) is 10.6. The van der Waals surface area contributed by atoms with Crippen LogP contribution in [0.5, 0.6) is 0 Å².